The number of halogens is 1. The zero-order valence-corrected chi connectivity index (χ0v) is 12.2. The molecule has 0 aliphatic carbocycles. The van der Waals surface area contributed by atoms with E-state index in [1.165, 1.54) is 6.42 Å². The molecule has 20 heavy (non-hydrogen) atoms. The lowest BCUT2D eigenvalue weighted by Gasteiger charge is -2.29. The van der Waals surface area contributed by atoms with Crippen molar-refractivity contribution < 1.29 is 4.52 Å². The summed E-state index contributed by atoms with van der Waals surface area (Å²) in [4.78, 5) is 2.35. The number of nitrogens with zero attached hydrogens (tertiary/aromatic N) is 2. The molecule has 1 unspecified atom stereocenters. The molecule has 4 nitrogen and oxygen atoms in total. The molecule has 1 aliphatic heterocycles. The largest absolute Gasteiger partial charge is 0.356 e. The molecule has 1 aromatic carbocycles. The molecule has 0 bridgehead atoms. The van der Waals surface area contributed by atoms with Gasteiger partial charge in [-0.3, -0.25) is 4.90 Å². The van der Waals surface area contributed by atoms with Crippen molar-refractivity contribution in [2.45, 2.75) is 25.4 Å². The minimum absolute atomic E-state index is 0. The minimum Gasteiger partial charge on any atom is -0.356 e. The number of nitrogens with two attached hydrogens (primary N) is 1. The van der Waals surface area contributed by atoms with Crippen LogP contribution in [-0.2, 0) is 6.54 Å². The Labute approximate surface area is 125 Å². The van der Waals surface area contributed by atoms with Gasteiger partial charge in [0.05, 0.1) is 5.69 Å². The van der Waals surface area contributed by atoms with Crippen molar-refractivity contribution in [3.05, 3.63) is 42.1 Å². The van der Waals surface area contributed by atoms with Crippen molar-refractivity contribution in [2.75, 3.05) is 13.1 Å². The van der Waals surface area contributed by atoms with Gasteiger partial charge in [0.1, 0.15) is 0 Å². The molecule has 1 aromatic heterocycles. The second-order valence-corrected chi connectivity index (χ2v) is 5.19. The van der Waals surface area contributed by atoms with Crippen LogP contribution in [0.15, 0.2) is 40.9 Å². The van der Waals surface area contributed by atoms with E-state index in [9.17, 15) is 0 Å². The maximum absolute atomic E-state index is 5.99. The number of hydrogen-bond acceptors (Lipinski definition) is 4. The highest BCUT2D eigenvalue weighted by Gasteiger charge is 2.18. The third kappa shape index (κ3) is 3.60. The van der Waals surface area contributed by atoms with Gasteiger partial charge < -0.3 is 10.3 Å². The summed E-state index contributed by atoms with van der Waals surface area (Å²) in [7, 11) is 0. The Balaban J connectivity index is 0.00000147. The summed E-state index contributed by atoms with van der Waals surface area (Å²) in [6.45, 7) is 2.87. The topological polar surface area (TPSA) is 55.3 Å². The maximum Gasteiger partial charge on any atom is 0.167 e. The van der Waals surface area contributed by atoms with Gasteiger partial charge in [0.15, 0.2) is 5.76 Å². The molecule has 1 fully saturated rings. The Kier molecular flexibility index (Phi) is 5.17. The second kappa shape index (κ2) is 6.88. The molecule has 1 atom stereocenters. The van der Waals surface area contributed by atoms with Crippen molar-refractivity contribution in [1.82, 2.24) is 10.1 Å². The summed E-state index contributed by atoms with van der Waals surface area (Å²) in [5, 5.41) is 4.15. The van der Waals surface area contributed by atoms with Crippen LogP contribution in [0.4, 0.5) is 0 Å². The number of rotatable bonds is 3. The molecule has 5 heteroatoms. The van der Waals surface area contributed by atoms with E-state index in [0.717, 1.165) is 43.1 Å². The molecule has 3 rings (SSSR count). The first kappa shape index (κ1) is 15.0. The predicted octanol–water partition coefficient (Wildman–Crippen LogP) is 2.69. The molecule has 0 amide bonds. The van der Waals surface area contributed by atoms with Gasteiger partial charge in [-0.25, -0.2) is 0 Å². The summed E-state index contributed by atoms with van der Waals surface area (Å²) in [5.74, 6) is 0.830. The van der Waals surface area contributed by atoms with E-state index in [1.807, 2.05) is 36.4 Å². The smallest absolute Gasteiger partial charge is 0.167 e. The SMILES string of the molecule is Cl.NC1CCCN(Cc2cc(-c3ccccc3)on2)C1. The van der Waals surface area contributed by atoms with Gasteiger partial charge in [-0.2, -0.15) is 0 Å². The van der Waals surface area contributed by atoms with Gasteiger partial charge >= 0.3 is 0 Å². The van der Waals surface area contributed by atoms with Gasteiger partial charge in [-0.1, -0.05) is 35.5 Å². The van der Waals surface area contributed by atoms with E-state index in [0.29, 0.717) is 6.04 Å². The Morgan fingerprint density at radius 2 is 2.10 bits per heavy atom. The Bertz CT molecular complexity index is 529. The monoisotopic (exact) mass is 293 g/mol. The number of aromatic nitrogens is 1. The lowest BCUT2D eigenvalue weighted by molar-refractivity contribution is 0.196. The van der Waals surface area contributed by atoms with E-state index in [-0.39, 0.29) is 12.4 Å². The van der Waals surface area contributed by atoms with Crippen LogP contribution < -0.4 is 5.73 Å². The number of hydrogen-bond donors (Lipinski definition) is 1. The third-order valence-electron chi connectivity index (χ3n) is 3.54. The summed E-state index contributed by atoms with van der Waals surface area (Å²) in [6, 6.07) is 12.4. The first-order chi connectivity index (χ1) is 9.31. The molecule has 0 radical (unpaired) electrons. The van der Waals surface area contributed by atoms with E-state index in [4.69, 9.17) is 10.3 Å². The highest BCUT2D eigenvalue weighted by Crippen LogP contribution is 2.21. The zero-order valence-electron chi connectivity index (χ0n) is 11.4. The lowest BCUT2D eigenvalue weighted by Crippen LogP contribution is -2.42. The normalized spacial score (nSPS) is 19.6. The summed E-state index contributed by atoms with van der Waals surface area (Å²) >= 11 is 0. The van der Waals surface area contributed by atoms with Crippen molar-refractivity contribution in [3.8, 4) is 11.3 Å². The van der Waals surface area contributed by atoms with Crippen LogP contribution >= 0.6 is 12.4 Å². The van der Waals surface area contributed by atoms with Crippen LogP contribution in [0.3, 0.4) is 0 Å². The van der Waals surface area contributed by atoms with Crippen LogP contribution in [0.5, 0.6) is 0 Å². The fourth-order valence-corrected chi connectivity index (χ4v) is 2.59. The molecule has 0 spiro atoms. The fraction of sp³-hybridized carbons (Fsp3) is 0.400. The molecule has 1 saturated heterocycles. The van der Waals surface area contributed by atoms with Crippen molar-refractivity contribution in [1.29, 1.82) is 0 Å². The van der Waals surface area contributed by atoms with E-state index in [2.05, 4.69) is 10.1 Å². The van der Waals surface area contributed by atoms with Crippen LogP contribution in [0, 0.1) is 0 Å². The average molecular weight is 294 g/mol. The molecule has 2 heterocycles. The Morgan fingerprint density at radius 3 is 2.85 bits per heavy atom. The number of likely N-dealkylation sites (tertiary alicyclic amines) is 1. The standard InChI is InChI=1S/C15H19N3O.ClH/c16-13-7-4-8-18(10-13)11-14-9-15(19-17-14)12-5-2-1-3-6-12;/h1-3,5-6,9,13H,4,7-8,10-11,16H2;1H. The first-order valence-corrected chi connectivity index (χ1v) is 6.80. The van der Waals surface area contributed by atoms with E-state index >= 15 is 0 Å². The Morgan fingerprint density at radius 1 is 1.30 bits per heavy atom. The molecule has 0 saturated carbocycles. The van der Waals surface area contributed by atoms with Gasteiger partial charge in [0, 0.05) is 30.8 Å². The van der Waals surface area contributed by atoms with E-state index in [1.54, 1.807) is 0 Å². The average Bonchev–Trinajstić information content (AvgIpc) is 2.88. The van der Waals surface area contributed by atoms with Crippen LogP contribution in [0.1, 0.15) is 18.5 Å². The molecular weight excluding hydrogens is 274 g/mol. The molecule has 1 aliphatic rings. The molecular formula is C15H20ClN3O. The number of piperidine rings is 1. The minimum atomic E-state index is 0. The van der Waals surface area contributed by atoms with Crippen molar-refractivity contribution >= 4 is 12.4 Å². The zero-order chi connectivity index (χ0) is 13.1. The highest BCUT2D eigenvalue weighted by molar-refractivity contribution is 5.85. The van der Waals surface area contributed by atoms with E-state index < -0.39 is 0 Å². The summed E-state index contributed by atoms with van der Waals surface area (Å²) in [5.41, 5.74) is 8.04. The number of benzene rings is 1. The Hall–Kier alpha value is -1.36. The van der Waals surface area contributed by atoms with Crippen molar-refractivity contribution in [3.63, 3.8) is 0 Å². The summed E-state index contributed by atoms with van der Waals surface area (Å²) in [6.07, 6.45) is 2.30. The maximum atomic E-state index is 5.99. The highest BCUT2D eigenvalue weighted by atomic mass is 35.5. The fourth-order valence-electron chi connectivity index (χ4n) is 2.59. The molecule has 108 valence electrons. The second-order valence-electron chi connectivity index (χ2n) is 5.19. The van der Waals surface area contributed by atoms with Crippen LogP contribution in [0.25, 0.3) is 11.3 Å². The van der Waals surface area contributed by atoms with Crippen molar-refractivity contribution in [2.24, 2.45) is 5.73 Å². The molecule has 2 N–H and O–H groups in total. The van der Waals surface area contributed by atoms with Crippen LogP contribution in [-0.4, -0.2) is 29.2 Å². The lowest BCUT2D eigenvalue weighted by atomic mass is 10.1. The van der Waals surface area contributed by atoms with Gasteiger partial charge in [-0.15, -0.1) is 12.4 Å². The first-order valence-electron chi connectivity index (χ1n) is 6.80. The molecule has 2 aromatic rings. The van der Waals surface area contributed by atoms with Gasteiger partial charge in [0.25, 0.3) is 0 Å². The third-order valence-corrected chi connectivity index (χ3v) is 3.54. The predicted molar refractivity (Wildman–Crippen MR) is 81.7 cm³/mol. The quantitative estimate of drug-likeness (QED) is 0.945. The van der Waals surface area contributed by atoms with Crippen LogP contribution in [0.2, 0.25) is 0 Å². The van der Waals surface area contributed by atoms with Gasteiger partial charge in [-0.05, 0) is 19.4 Å². The summed E-state index contributed by atoms with van der Waals surface area (Å²) < 4.78 is 5.41. The van der Waals surface area contributed by atoms with Gasteiger partial charge in [0.2, 0.25) is 0 Å².